The second kappa shape index (κ2) is 6.63. The van der Waals surface area contributed by atoms with Gasteiger partial charge in [-0.2, -0.15) is 0 Å². The molecule has 3 heteroatoms. The number of benzene rings is 2. The quantitative estimate of drug-likeness (QED) is 0.865. The predicted molar refractivity (Wildman–Crippen MR) is 92.2 cm³/mol. The summed E-state index contributed by atoms with van der Waals surface area (Å²) in [5.41, 5.74) is 6.07. The number of hydrogen-bond acceptors (Lipinski definition) is 2. The van der Waals surface area contributed by atoms with Crippen molar-refractivity contribution in [2.24, 2.45) is 0 Å². The lowest BCUT2D eigenvalue weighted by Crippen LogP contribution is -2.18. The van der Waals surface area contributed by atoms with Gasteiger partial charge in [-0.15, -0.1) is 0 Å². The molecule has 2 rings (SSSR count). The summed E-state index contributed by atoms with van der Waals surface area (Å²) in [6, 6.07) is 11.0. The summed E-state index contributed by atoms with van der Waals surface area (Å²) in [6.45, 7) is 6.28. The van der Waals surface area contributed by atoms with Crippen molar-refractivity contribution in [3.8, 4) is 5.75 Å². The third-order valence-electron chi connectivity index (χ3n) is 3.78. The molecule has 1 N–H and O–H groups in total. The third-order valence-corrected chi connectivity index (χ3v) is 4.46. The molecule has 21 heavy (non-hydrogen) atoms. The molecular weight excluding hydrogens is 326 g/mol. The van der Waals surface area contributed by atoms with Crippen LogP contribution in [0.5, 0.6) is 5.75 Å². The highest BCUT2D eigenvalue weighted by Crippen LogP contribution is 2.33. The van der Waals surface area contributed by atoms with E-state index < -0.39 is 0 Å². The Morgan fingerprint density at radius 2 is 1.67 bits per heavy atom. The molecule has 0 bridgehead atoms. The molecule has 0 radical (unpaired) electrons. The molecule has 2 aromatic carbocycles. The molecule has 0 aromatic heterocycles. The molecule has 2 nitrogen and oxygen atoms in total. The van der Waals surface area contributed by atoms with Gasteiger partial charge in [0.1, 0.15) is 5.75 Å². The molecule has 0 aliphatic carbocycles. The van der Waals surface area contributed by atoms with Gasteiger partial charge in [0.05, 0.1) is 13.2 Å². The highest BCUT2D eigenvalue weighted by atomic mass is 79.9. The van der Waals surface area contributed by atoms with E-state index in [4.69, 9.17) is 4.74 Å². The topological polar surface area (TPSA) is 21.3 Å². The minimum Gasteiger partial charge on any atom is -0.496 e. The van der Waals surface area contributed by atoms with E-state index in [0.29, 0.717) is 0 Å². The monoisotopic (exact) mass is 347 g/mol. The lowest BCUT2D eigenvalue weighted by atomic mass is 9.94. The maximum atomic E-state index is 5.46. The second-order valence-electron chi connectivity index (χ2n) is 5.43. The minimum atomic E-state index is 0.156. The van der Waals surface area contributed by atoms with E-state index in [1.165, 1.54) is 16.7 Å². The lowest BCUT2D eigenvalue weighted by Gasteiger charge is -2.21. The van der Waals surface area contributed by atoms with E-state index >= 15 is 0 Å². The Labute approximate surface area is 135 Å². The fourth-order valence-corrected chi connectivity index (χ4v) is 3.56. The van der Waals surface area contributed by atoms with Gasteiger partial charge >= 0.3 is 0 Å². The van der Waals surface area contributed by atoms with E-state index in [9.17, 15) is 0 Å². The van der Waals surface area contributed by atoms with E-state index in [-0.39, 0.29) is 6.04 Å². The molecule has 1 unspecified atom stereocenters. The van der Waals surface area contributed by atoms with Crippen LogP contribution in [0.3, 0.4) is 0 Å². The molecule has 0 spiro atoms. The minimum absolute atomic E-state index is 0.156. The number of hydrogen-bond donors (Lipinski definition) is 1. The van der Waals surface area contributed by atoms with Crippen molar-refractivity contribution >= 4 is 15.9 Å². The second-order valence-corrected chi connectivity index (χ2v) is 6.29. The van der Waals surface area contributed by atoms with Gasteiger partial charge < -0.3 is 10.1 Å². The van der Waals surface area contributed by atoms with Crippen molar-refractivity contribution in [3.05, 3.63) is 62.6 Å². The molecule has 0 heterocycles. The standard InChI is InChI=1S/C18H22BrNO/c1-11-6-7-15(16(19)8-11)17(20-4)14-9-12(2)18(21-5)13(3)10-14/h6-10,17,20H,1-5H3. The van der Waals surface area contributed by atoms with Crippen LogP contribution in [0.2, 0.25) is 0 Å². The number of aryl methyl sites for hydroxylation is 3. The molecule has 0 aliphatic heterocycles. The van der Waals surface area contributed by atoms with Gasteiger partial charge in [0, 0.05) is 4.47 Å². The first kappa shape index (κ1) is 16.1. The Balaban J connectivity index is 2.51. The maximum absolute atomic E-state index is 5.46. The predicted octanol–water partition coefficient (Wildman–Crippen LogP) is 4.69. The van der Waals surface area contributed by atoms with Crippen LogP contribution in [-0.4, -0.2) is 14.2 Å². The van der Waals surface area contributed by atoms with Crippen LogP contribution >= 0.6 is 15.9 Å². The number of rotatable bonds is 4. The normalized spacial score (nSPS) is 12.3. The SMILES string of the molecule is CNC(c1cc(C)c(OC)c(C)c1)c1ccc(C)cc1Br. The Hall–Kier alpha value is -1.32. The highest BCUT2D eigenvalue weighted by Gasteiger charge is 2.17. The summed E-state index contributed by atoms with van der Waals surface area (Å²) in [6.07, 6.45) is 0. The number of halogens is 1. The molecule has 0 saturated heterocycles. The molecular formula is C18H22BrNO. The summed E-state index contributed by atoms with van der Waals surface area (Å²) < 4.78 is 6.59. The molecule has 0 aliphatic rings. The fourth-order valence-electron chi connectivity index (χ4n) is 2.84. The van der Waals surface area contributed by atoms with Gasteiger partial charge in [-0.25, -0.2) is 0 Å². The summed E-state index contributed by atoms with van der Waals surface area (Å²) in [7, 11) is 3.72. The molecule has 2 aromatic rings. The summed E-state index contributed by atoms with van der Waals surface area (Å²) in [4.78, 5) is 0. The van der Waals surface area contributed by atoms with Crippen LogP contribution in [0.15, 0.2) is 34.8 Å². The zero-order chi connectivity index (χ0) is 15.6. The average molecular weight is 348 g/mol. The number of ether oxygens (including phenoxy) is 1. The average Bonchev–Trinajstić information content (AvgIpc) is 2.41. The van der Waals surface area contributed by atoms with Crippen molar-refractivity contribution in [1.29, 1.82) is 0 Å². The van der Waals surface area contributed by atoms with E-state index in [0.717, 1.165) is 21.3 Å². The van der Waals surface area contributed by atoms with Crippen LogP contribution < -0.4 is 10.1 Å². The molecule has 0 fully saturated rings. The van der Waals surface area contributed by atoms with Gasteiger partial charge in [0.2, 0.25) is 0 Å². The number of nitrogens with one attached hydrogen (secondary N) is 1. The molecule has 0 saturated carbocycles. The largest absolute Gasteiger partial charge is 0.496 e. The van der Waals surface area contributed by atoms with Crippen LogP contribution in [0.4, 0.5) is 0 Å². The van der Waals surface area contributed by atoms with Crippen molar-refractivity contribution in [1.82, 2.24) is 5.32 Å². The first-order valence-electron chi connectivity index (χ1n) is 7.06. The molecule has 1 atom stereocenters. The van der Waals surface area contributed by atoms with Crippen molar-refractivity contribution < 1.29 is 4.74 Å². The van der Waals surface area contributed by atoms with Crippen molar-refractivity contribution in [3.63, 3.8) is 0 Å². The third kappa shape index (κ3) is 3.30. The molecule has 112 valence electrons. The smallest absolute Gasteiger partial charge is 0.124 e. The summed E-state index contributed by atoms with van der Waals surface area (Å²) in [5.74, 6) is 0.969. The molecule has 0 amide bonds. The van der Waals surface area contributed by atoms with Crippen LogP contribution in [-0.2, 0) is 0 Å². The fraction of sp³-hybridized carbons (Fsp3) is 0.333. The van der Waals surface area contributed by atoms with Gasteiger partial charge in [0.15, 0.2) is 0 Å². The van der Waals surface area contributed by atoms with E-state index in [2.05, 4.69) is 72.3 Å². The summed E-state index contributed by atoms with van der Waals surface area (Å²) in [5, 5.41) is 3.42. The Kier molecular flexibility index (Phi) is 5.07. The van der Waals surface area contributed by atoms with Gasteiger partial charge in [0.25, 0.3) is 0 Å². The van der Waals surface area contributed by atoms with Crippen molar-refractivity contribution in [2.45, 2.75) is 26.8 Å². The highest BCUT2D eigenvalue weighted by molar-refractivity contribution is 9.10. The van der Waals surface area contributed by atoms with Crippen LogP contribution in [0.1, 0.15) is 33.9 Å². The van der Waals surface area contributed by atoms with Crippen LogP contribution in [0, 0.1) is 20.8 Å². The van der Waals surface area contributed by atoms with E-state index in [1.807, 2.05) is 7.05 Å². The zero-order valence-electron chi connectivity index (χ0n) is 13.3. The van der Waals surface area contributed by atoms with E-state index in [1.54, 1.807) is 7.11 Å². The zero-order valence-corrected chi connectivity index (χ0v) is 14.8. The van der Waals surface area contributed by atoms with Crippen LogP contribution in [0.25, 0.3) is 0 Å². The van der Waals surface area contributed by atoms with Crippen molar-refractivity contribution in [2.75, 3.05) is 14.2 Å². The Morgan fingerprint density at radius 3 is 2.14 bits per heavy atom. The number of methoxy groups -OCH3 is 1. The maximum Gasteiger partial charge on any atom is 0.124 e. The first-order valence-corrected chi connectivity index (χ1v) is 7.85. The summed E-state index contributed by atoms with van der Waals surface area (Å²) >= 11 is 3.69. The van der Waals surface area contributed by atoms with Gasteiger partial charge in [-0.1, -0.05) is 40.2 Å². The van der Waals surface area contributed by atoms with Gasteiger partial charge in [-0.3, -0.25) is 0 Å². The first-order chi connectivity index (χ1) is 9.97. The van der Waals surface area contributed by atoms with Gasteiger partial charge in [-0.05, 0) is 61.7 Å². The lowest BCUT2D eigenvalue weighted by molar-refractivity contribution is 0.408. The Bertz CT molecular complexity index is 629. The Morgan fingerprint density at radius 1 is 1.05 bits per heavy atom.